The van der Waals surface area contributed by atoms with E-state index < -0.39 is 0 Å². The minimum absolute atomic E-state index is 0.0988. The van der Waals surface area contributed by atoms with E-state index in [9.17, 15) is 9.90 Å². The molecule has 0 bridgehead atoms. The van der Waals surface area contributed by atoms with E-state index in [4.69, 9.17) is 0 Å². The number of imidazole rings is 1. The second kappa shape index (κ2) is 8.12. The normalized spacial score (nSPS) is 18.0. The minimum atomic E-state index is -0.335. The number of aliphatic hydroxyl groups is 1. The summed E-state index contributed by atoms with van der Waals surface area (Å²) in [6.45, 7) is 12.9. The van der Waals surface area contributed by atoms with Crippen molar-refractivity contribution < 1.29 is 9.90 Å². The molecule has 0 aromatic carbocycles. The van der Waals surface area contributed by atoms with Gasteiger partial charge in [-0.05, 0) is 18.8 Å². The van der Waals surface area contributed by atoms with Crippen molar-refractivity contribution in [3.63, 3.8) is 0 Å². The number of carbonyl (C=O) groups is 1. The summed E-state index contributed by atoms with van der Waals surface area (Å²) in [5.41, 5.74) is -0.0988. The van der Waals surface area contributed by atoms with Crippen molar-refractivity contribution in [3.8, 4) is 0 Å². The van der Waals surface area contributed by atoms with E-state index in [2.05, 4.69) is 35.2 Å². The second-order valence-corrected chi connectivity index (χ2v) is 7.83. The topological polar surface area (TPSA) is 61.6 Å². The molecule has 1 N–H and O–H groups in total. The molecule has 1 fully saturated rings. The van der Waals surface area contributed by atoms with Gasteiger partial charge in [-0.2, -0.15) is 0 Å². The predicted octanol–water partition coefficient (Wildman–Crippen LogP) is 1.52. The summed E-state index contributed by atoms with van der Waals surface area (Å²) in [5, 5.41) is 10.2. The Hall–Kier alpha value is -1.40. The van der Waals surface area contributed by atoms with Crippen molar-refractivity contribution in [3.05, 3.63) is 18.2 Å². The average Bonchev–Trinajstić information content (AvgIpc) is 2.92. The molecular weight excluding hydrogens is 304 g/mol. The number of piperazine rings is 1. The smallest absolute Gasteiger partial charge is 0.222 e. The fraction of sp³-hybridized carbons (Fsp3) is 0.778. The lowest BCUT2D eigenvalue weighted by molar-refractivity contribution is -0.133. The molecule has 6 nitrogen and oxygen atoms in total. The van der Waals surface area contributed by atoms with Crippen LogP contribution in [0.2, 0.25) is 0 Å². The molecule has 1 aliphatic rings. The zero-order valence-electron chi connectivity index (χ0n) is 15.5. The first-order chi connectivity index (χ1) is 11.3. The maximum Gasteiger partial charge on any atom is 0.222 e. The van der Waals surface area contributed by atoms with E-state index in [1.165, 1.54) is 0 Å². The Bertz CT molecular complexity index is 527. The van der Waals surface area contributed by atoms with Crippen molar-refractivity contribution >= 4 is 5.91 Å². The molecule has 0 aliphatic carbocycles. The zero-order chi connectivity index (χ0) is 17.7. The molecular formula is C18H32N4O2. The van der Waals surface area contributed by atoms with Gasteiger partial charge in [0.05, 0.1) is 6.10 Å². The lowest BCUT2D eigenvalue weighted by atomic mass is 9.89. The van der Waals surface area contributed by atoms with Crippen LogP contribution in [0.5, 0.6) is 0 Å². The number of rotatable bonds is 6. The van der Waals surface area contributed by atoms with Crippen molar-refractivity contribution in [2.24, 2.45) is 5.41 Å². The van der Waals surface area contributed by atoms with Crippen molar-refractivity contribution in [1.29, 1.82) is 0 Å². The molecule has 0 radical (unpaired) electrons. The fourth-order valence-corrected chi connectivity index (χ4v) is 2.90. The number of carbonyl (C=O) groups excluding carboxylic acids is 1. The minimum Gasteiger partial charge on any atom is -0.391 e. The molecule has 0 spiro atoms. The third-order valence-electron chi connectivity index (χ3n) is 4.87. The number of hydrogen-bond donors (Lipinski definition) is 1. The standard InChI is InChI=1S/C18H32N4O2/c1-15-19-7-9-21(15)8-5-6-17(24)22-12-10-20(11-13-22)14-16(23)18(2,3)4/h7,9,16,23H,5-6,8,10-14H2,1-4H3. The number of hydrogen-bond acceptors (Lipinski definition) is 4. The summed E-state index contributed by atoms with van der Waals surface area (Å²) in [7, 11) is 0. The lowest BCUT2D eigenvalue weighted by Gasteiger charge is -2.38. The highest BCUT2D eigenvalue weighted by Crippen LogP contribution is 2.20. The molecule has 24 heavy (non-hydrogen) atoms. The first kappa shape index (κ1) is 18.9. The molecule has 6 heteroatoms. The molecule has 1 unspecified atom stereocenters. The van der Waals surface area contributed by atoms with Crippen molar-refractivity contribution in [1.82, 2.24) is 19.4 Å². The number of aryl methyl sites for hydroxylation is 2. The summed E-state index contributed by atoms with van der Waals surface area (Å²) < 4.78 is 2.08. The van der Waals surface area contributed by atoms with E-state index in [0.717, 1.165) is 45.0 Å². The van der Waals surface area contributed by atoms with Gasteiger partial charge in [0.15, 0.2) is 0 Å². The average molecular weight is 336 g/mol. The number of amides is 1. The molecule has 1 saturated heterocycles. The van der Waals surface area contributed by atoms with Gasteiger partial charge in [0.25, 0.3) is 0 Å². The van der Waals surface area contributed by atoms with Gasteiger partial charge in [0, 0.05) is 58.1 Å². The summed E-state index contributed by atoms with van der Waals surface area (Å²) in [4.78, 5) is 20.7. The van der Waals surface area contributed by atoms with Crippen LogP contribution in [0.4, 0.5) is 0 Å². The molecule has 2 heterocycles. The fourth-order valence-electron chi connectivity index (χ4n) is 2.90. The van der Waals surface area contributed by atoms with Crippen LogP contribution < -0.4 is 0 Å². The Morgan fingerprint density at radius 2 is 1.96 bits per heavy atom. The van der Waals surface area contributed by atoms with Gasteiger partial charge >= 0.3 is 0 Å². The maximum absolute atomic E-state index is 12.3. The van der Waals surface area contributed by atoms with Crippen LogP contribution in [-0.4, -0.2) is 69.2 Å². The Kier molecular flexibility index (Phi) is 6.40. The molecule has 2 rings (SSSR count). The summed E-state index contributed by atoms with van der Waals surface area (Å²) in [5.74, 6) is 1.23. The lowest BCUT2D eigenvalue weighted by Crippen LogP contribution is -2.51. The number of β-amino-alcohol motifs (C(OH)–C–C–N with tert-alkyl or cyclic N) is 1. The SMILES string of the molecule is Cc1nccn1CCCC(=O)N1CCN(CC(O)C(C)(C)C)CC1. The van der Waals surface area contributed by atoms with E-state index in [1.54, 1.807) is 6.20 Å². The largest absolute Gasteiger partial charge is 0.391 e. The molecule has 1 aromatic heterocycles. The van der Waals surface area contributed by atoms with Gasteiger partial charge in [0.1, 0.15) is 5.82 Å². The predicted molar refractivity (Wildman–Crippen MR) is 94.7 cm³/mol. The van der Waals surface area contributed by atoms with Crippen LogP contribution in [0.3, 0.4) is 0 Å². The Labute approximate surface area is 145 Å². The van der Waals surface area contributed by atoms with E-state index in [0.29, 0.717) is 13.0 Å². The molecule has 1 aliphatic heterocycles. The van der Waals surface area contributed by atoms with E-state index in [1.807, 2.05) is 18.0 Å². The van der Waals surface area contributed by atoms with Crippen LogP contribution in [-0.2, 0) is 11.3 Å². The summed E-state index contributed by atoms with van der Waals surface area (Å²) in [6, 6.07) is 0. The monoisotopic (exact) mass is 336 g/mol. The number of aliphatic hydroxyl groups excluding tert-OH is 1. The first-order valence-electron chi connectivity index (χ1n) is 8.93. The van der Waals surface area contributed by atoms with E-state index >= 15 is 0 Å². The van der Waals surface area contributed by atoms with Crippen molar-refractivity contribution in [2.45, 2.75) is 53.2 Å². The molecule has 0 saturated carbocycles. The third-order valence-corrected chi connectivity index (χ3v) is 4.87. The molecule has 136 valence electrons. The van der Waals surface area contributed by atoms with Gasteiger partial charge in [-0.1, -0.05) is 20.8 Å². The highest BCUT2D eigenvalue weighted by atomic mass is 16.3. The summed E-state index contributed by atoms with van der Waals surface area (Å²) >= 11 is 0. The molecule has 1 atom stereocenters. The van der Waals surface area contributed by atoms with Gasteiger partial charge in [-0.3, -0.25) is 9.69 Å². The third kappa shape index (κ3) is 5.31. The van der Waals surface area contributed by atoms with E-state index in [-0.39, 0.29) is 17.4 Å². The Morgan fingerprint density at radius 1 is 1.29 bits per heavy atom. The number of aromatic nitrogens is 2. The second-order valence-electron chi connectivity index (χ2n) is 7.83. The van der Waals surface area contributed by atoms with Crippen LogP contribution in [0.1, 0.15) is 39.4 Å². The van der Waals surface area contributed by atoms with Crippen molar-refractivity contribution in [2.75, 3.05) is 32.7 Å². The van der Waals surface area contributed by atoms with Crippen LogP contribution in [0.25, 0.3) is 0 Å². The quantitative estimate of drug-likeness (QED) is 0.856. The molecule has 1 amide bonds. The molecule has 1 aromatic rings. The van der Waals surface area contributed by atoms with Gasteiger partial charge < -0.3 is 14.6 Å². The maximum atomic E-state index is 12.3. The van der Waals surface area contributed by atoms with Crippen LogP contribution in [0, 0.1) is 12.3 Å². The Morgan fingerprint density at radius 3 is 2.50 bits per heavy atom. The highest BCUT2D eigenvalue weighted by Gasteiger charge is 2.27. The Balaban J connectivity index is 1.68. The first-order valence-corrected chi connectivity index (χ1v) is 8.93. The van der Waals surface area contributed by atoms with Crippen LogP contribution in [0.15, 0.2) is 12.4 Å². The van der Waals surface area contributed by atoms with Crippen LogP contribution >= 0.6 is 0 Å². The zero-order valence-corrected chi connectivity index (χ0v) is 15.5. The van der Waals surface area contributed by atoms with Gasteiger partial charge in [-0.25, -0.2) is 4.98 Å². The van der Waals surface area contributed by atoms with Gasteiger partial charge in [-0.15, -0.1) is 0 Å². The number of nitrogens with zero attached hydrogens (tertiary/aromatic N) is 4. The van der Waals surface area contributed by atoms with Gasteiger partial charge in [0.2, 0.25) is 5.91 Å². The highest BCUT2D eigenvalue weighted by molar-refractivity contribution is 5.76. The summed E-state index contributed by atoms with van der Waals surface area (Å²) in [6.07, 6.45) is 4.85.